The van der Waals surface area contributed by atoms with Crippen LogP contribution in [0, 0.1) is 0 Å². The molecule has 24 heavy (non-hydrogen) atoms. The Balaban J connectivity index is 1.50. The predicted molar refractivity (Wildman–Crippen MR) is 90.9 cm³/mol. The summed E-state index contributed by atoms with van der Waals surface area (Å²) in [6, 6.07) is 7.80. The van der Waals surface area contributed by atoms with E-state index in [-0.39, 0.29) is 24.2 Å². The van der Waals surface area contributed by atoms with Gasteiger partial charge in [-0.05, 0) is 42.0 Å². The maximum atomic E-state index is 12.8. The molecule has 2 bridgehead atoms. The number of nitrogens with zero attached hydrogens (tertiary/aromatic N) is 2. The summed E-state index contributed by atoms with van der Waals surface area (Å²) in [5.74, 6) is 0.0960. The lowest BCUT2D eigenvalue weighted by molar-refractivity contribution is -0.0597. The van der Waals surface area contributed by atoms with Gasteiger partial charge in [-0.15, -0.1) is 11.3 Å². The van der Waals surface area contributed by atoms with E-state index in [0.717, 1.165) is 23.3 Å². The molecule has 5 nitrogen and oxygen atoms in total. The van der Waals surface area contributed by atoms with Crippen LogP contribution in [-0.2, 0) is 16.1 Å². The maximum Gasteiger partial charge on any atom is 0.264 e. The molecular formula is C18H20N2O3S. The summed E-state index contributed by atoms with van der Waals surface area (Å²) in [6.07, 6.45) is 5.43. The van der Waals surface area contributed by atoms with Gasteiger partial charge in [0, 0.05) is 18.9 Å². The lowest BCUT2D eigenvalue weighted by Gasteiger charge is -2.31. The minimum absolute atomic E-state index is 0.0652. The van der Waals surface area contributed by atoms with E-state index in [1.807, 2.05) is 34.5 Å². The molecule has 3 heterocycles. The Morgan fingerprint density at radius 3 is 3.00 bits per heavy atom. The van der Waals surface area contributed by atoms with Gasteiger partial charge in [0.05, 0.1) is 30.2 Å². The van der Waals surface area contributed by atoms with E-state index in [1.54, 1.807) is 12.4 Å². The first kappa shape index (κ1) is 15.7. The van der Waals surface area contributed by atoms with E-state index >= 15 is 0 Å². The Morgan fingerprint density at radius 1 is 1.33 bits per heavy atom. The summed E-state index contributed by atoms with van der Waals surface area (Å²) >= 11 is 1.49. The summed E-state index contributed by atoms with van der Waals surface area (Å²) < 4.78 is 12.2. The van der Waals surface area contributed by atoms with Crippen LogP contribution in [0.5, 0.6) is 0 Å². The molecule has 0 aromatic carbocycles. The summed E-state index contributed by atoms with van der Waals surface area (Å²) in [5, 5.41) is 1.94. The average molecular weight is 344 g/mol. The number of amides is 1. The summed E-state index contributed by atoms with van der Waals surface area (Å²) in [7, 11) is 0. The molecule has 3 atom stereocenters. The van der Waals surface area contributed by atoms with Crippen molar-refractivity contribution in [2.45, 2.75) is 37.7 Å². The highest BCUT2D eigenvalue weighted by molar-refractivity contribution is 7.12. The molecule has 2 aliphatic rings. The standard InChI is InChI=1S/C18H20N2O3S/c21-18(16-2-1-11-24-16)20-9-10-22-15-4-3-14(20)17(15)23-12-13-5-7-19-8-6-13/h1-2,5-8,11,14-15,17H,3-4,9-10,12H2. The molecule has 1 saturated carbocycles. The van der Waals surface area contributed by atoms with Crippen molar-refractivity contribution in [1.82, 2.24) is 9.88 Å². The second-order valence-electron chi connectivity index (χ2n) is 6.16. The molecule has 3 unspecified atom stereocenters. The van der Waals surface area contributed by atoms with Crippen LogP contribution >= 0.6 is 11.3 Å². The second-order valence-corrected chi connectivity index (χ2v) is 7.11. The van der Waals surface area contributed by atoms with Crippen molar-refractivity contribution in [2.75, 3.05) is 13.2 Å². The number of pyridine rings is 1. The molecule has 2 fully saturated rings. The van der Waals surface area contributed by atoms with Crippen LogP contribution in [0.25, 0.3) is 0 Å². The van der Waals surface area contributed by atoms with Gasteiger partial charge in [-0.2, -0.15) is 0 Å². The number of hydrogen-bond donors (Lipinski definition) is 0. The molecule has 6 heteroatoms. The van der Waals surface area contributed by atoms with Crippen molar-refractivity contribution in [2.24, 2.45) is 0 Å². The van der Waals surface area contributed by atoms with Crippen molar-refractivity contribution < 1.29 is 14.3 Å². The highest BCUT2D eigenvalue weighted by atomic mass is 32.1. The first-order valence-corrected chi connectivity index (χ1v) is 9.17. The van der Waals surface area contributed by atoms with Crippen molar-refractivity contribution in [3.05, 3.63) is 52.5 Å². The number of carbonyl (C=O) groups is 1. The van der Waals surface area contributed by atoms with Gasteiger partial charge in [0.25, 0.3) is 5.91 Å². The predicted octanol–water partition coefficient (Wildman–Crippen LogP) is 2.73. The minimum Gasteiger partial charge on any atom is -0.374 e. The average Bonchev–Trinajstić information content (AvgIpc) is 3.22. The van der Waals surface area contributed by atoms with E-state index in [0.29, 0.717) is 19.8 Å². The molecule has 2 aromatic heterocycles. The SMILES string of the molecule is O=C(c1cccs1)N1CCOC2CCC1C2OCc1ccncc1. The summed E-state index contributed by atoms with van der Waals surface area (Å²) in [6.45, 7) is 1.73. The normalized spacial score (nSPS) is 26.3. The van der Waals surface area contributed by atoms with Crippen molar-refractivity contribution in [3.63, 3.8) is 0 Å². The minimum atomic E-state index is -0.0652. The number of aromatic nitrogens is 1. The molecule has 1 amide bonds. The molecule has 1 aliphatic heterocycles. The van der Waals surface area contributed by atoms with Crippen molar-refractivity contribution in [3.8, 4) is 0 Å². The zero-order valence-corrected chi connectivity index (χ0v) is 14.2. The monoisotopic (exact) mass is 344 g/mol. The van der Waals surface area contributed by atoms with Crippen molar-refractivity contribution in [1.29, 1.82) is 0 Å². The Bertz CT molecular complexity index is 677. The van der Waals surface area contributed by atoms with Gasteiger partial charge in [-0.3, -0.25) is 9.78 Å². The van der Waals surface area contributed by atoms with Crippen LogP contribution in [0.3, 0.4) is 0 Å². The summed E-state index contributed by atoms with van der Waals surface area (Å²) in [4.78, 5) is 19.6. The largest absolute Gasteiger partial charge is 0.374 e. The number of fused-ring (bicyclic) bond motifs is 2. The third-order valence-corrected chi connectivity index (χ3v) is 5.60. The highest BCUT2D eigenvalue weighted by Gasteiger charge is 2.44. The van der Waals surface area contributed by atoms with Gasteiger partial charge in [0.2, 0.25) is 0 Å². The number of ether oxygens (including phenoxy) is 2. The van der Waals surface area contributed by atoms with E-state index in [4.69, 9.17) is 9.47 Å². The fraction of sp³-hybridized carbons (Fsp3) is 0.444. The third kappa shape index (κ3) is 3.09. The van der Waals surface area contributed by atoms with Crippen molar-refractivity contribution >= 4 is 17.2 Å². The zero-order chi connectivity index (χ0) is 16.4. The Labute approximate surface area is 145 Å². The zero-order valence-electron chi connectivity index (χ0n) is 13.3. The highest BCUT2D eigenvalue weighted by Crippen LogP contribution is 2.33. The molecule has 0 spiro atoms. The van der Waals surface area contributed by atoms with Crippen LogP contribution in [0.2, 0.25) is 0 Å². The fourth-order valence-corrected chi connectivity index (χ4v) is 4.25. The number of hydrogen-bond acceptors (Lipinski definition) is 5. The molecule has 1 saturated heterocycles. The van der Waals surface area contributed by atoms with Gasteiger partial charge in [0.1, 0.15) is 6.10 Å². The fourth-order valence-electron chi connectivity index (χ4n) is 3.57. The Morgan fingerprint density at radius 2 is 2.21 bits per heavy atom. The summed E-state index contributed by atoms with van der Waals surface area (Å²) in [5.41, 5.74) is 1.09. The first-order valence-electron chi connectivity index (χ1n) is 8.29. The smallest absolute Gasteiger partial charge is 0.264 e. The maximum absolute atomic E-state index is 12.8. The lowest BCUT2D eigenvalue weighted by atomic mass is 10.1. The third-order valence-electron chi connectivity index (χ3n) is 4.74. The number of carbonyl (C=O) groups excluding carboxylic acids is 1. The quantitative estimate of drug-likeness (QED) is 0.856. The van der Waals surface area contributed by atoms with Crippen LogP contribution in [0.4, 0.5) is 0 Å². The molecular weight excluding hydrogens is 324 g/mol. The molecule has 126 valence electrons. The van der Waals surface area contributed by atoms with Gasteiger partial charge >= 0.3 is 0 Å². The topological polar surface area (TPSA) is 51.7 Å². The van der Waals surface area contributed by atoms with Crippen LogP contribution in [-0.4, -0.2) is 47.2 Å². The van der Waals surface area contributed by atoms with Gasteiger partial charge in [0.15, 0.2) is 0 Å². The van der Waals surface area contributed by atoms with Gasteiger partial charge in [-0.25, -0.2) is 0 Å². The molecule has 2 aromatic rings. The van der Waals surface area contributed by atoms with E-state index in [9.17, 15) is 4.79 Å². The van der Waals surface area contributed by atoms with Gasteiger partial charge in [-0.1, -0.05) is 6.07 Å². The van der Waals surface area contributed by atoms with Gasteiger partial charge < -0.3 is 14.4 Å². The number of thiophene rings is 1. The first-order chi connectivity index (χ1) is 11.8. The Kier molecular flexibility index (Phi) is 4.60. The lowest BCUT2D eigenvalue weighted by Crippen LogP contribution is -2.46. The van der Waals surface area contributed by atoms with E-state index < -0.39 is 0 Å². The second kappa shape index (κ2) is 7.01. The van der Waals surface area contributed by atoms with Crippen LogP contribution in [0.15, 0.2) is 42.0 Å². The molecule has 1 aliphatic carbocycles. The molecule has 0 N–H and O–H groups in total. The van der Waals surface area contributed by atoms with E-state index in [1.165, 1.54) is 11.3 Å². The Hall–Kier alpha value is -1.76. The van der Waals surface area contributed by atoms with Crippen LogP contribution in [0.1, 0.15) is 28.1 Å². The van der Waals surface area contributed by atoms with Crippen LogP contribution < -0.4 is 0 Å². The molecule has 4 rings (SSSR count). The number of rotatable bonds is 4. The molecule has 0 radical (unpaired) electrons. The van der Waals surface area contributed by atoms with E-state index in [2.05, 4.69) is 4.98 Å².